The van der Waals surface area contributed by atoms with E-state index in [1.807, 2.05) is 27.7 Å². The number of rotatable bonds is 10. The number of carbonyl (C=O) groups excluding carboxylic acids is 1. The second-order valence-corrected chi connectivity index (χ2v) is 8.93. The minimum Gasteiger partial charge on any atom is -0.507 e. The molecule has 2 aromatic rings. The molecule has 31 heavy (non-hydrogen) atoms. The number of aryl methyl sites for hydroxylation is 1. The highest BCUT2D eigenvalue weighted by Crippen LogP contribution is 2.33. The molecule has 0 aliphatic carbocycles. The predicted molar refractivity (Wildman–Crippen MR) is 120 cm³/mol. The van der Waals surface area contributed by atoms with Gasteiger partial charge in [-0.1, -0.05) is 20.8 Å². The van der Waals surface area contributed by atoms with E-state index in [0.29, 0.717) is 42.3 Å². The Morgan fingerprint density at radius 3 is 2.06 bits per heavy atom. The van der Waals surface area contributed by atoms with Crippen molar-refractivity contribution in [2.75, 3.05) is 13.2 Å². The Kier molecular flexibility index (Phi) is 8.08. The maximum absolute atomic E-state index is 12.4. The molecule has 6 heteroatoms. The number of Topliss-reactive ketones (excluding diaryl/α,β-unsaturated/α-hetero) is 1. The van der Waals surface area contributed by atoms with Crippen molar-refractivity contribution >= 4 is 11.8 Å². The quantitative estimate of drug-likeness (QED) is 0.380. The Hall–Kier alpha value is -3.02. The van der Waals surface area contributed by atoms with Gasteiger partial charge in [0.1, 0.15) is 17.2 Å². The van der Waals surface area contributed by atoms with Crippen LogP contribution in [0.1, 0.15) is 71.9 Å². The number of benzene rings is 2. The van der Waals surface area contributed by atoms with Gasteiger partial charge < -0.3 is 19.7 Å². The van der Waals surface area contributed by atoms with Gasteiger partial charge in [0, 0.05) is 12.0 Å². The molecule has 0 heterocycles. The number of carboxylic acids is 1. The van der Waals surface area contributed by atoms with Crippen LogP contribution in [0.25, 0.3) is 0 Å². The molecule has 2 aromatic carbocycles. The average molecular weight is 429 g/mol. The molecule has 2 rings (SSSR count). The summed E-state index contributed by atoms with van der Waals surface area (Å²) in [6.45, 7) is 10.5. The Bertz CT molecular complexity index is 940. The molecule has 0 unspecified atom stereocenters. The summed E-state index contributed by atoms with van der Waals surface area (Å²) in [4.78, 5) is 23.4. The highest BCUT2D eigenvalue weighted by atomic mass is 16.5. The van der Waals surface area contributed by atoms with E-state index in [4.69, 9.17) is 14.6 Å². The molecule has 6 nitrogen and oxygen atoms in total. The fraction of sp³-hybridized carbons (Fsp3) is 0.440. The summed E-state index contributed by atoms with van der Waals surface area (Å²) in [5.74, 6) is 0.173. The largest absolute Gasteiger partial charge is 0.507 e. The summed E-state index contributed by atoms with van der Waals surface area (Å²) >= 11 is 0. The molecular weight excluding hydrogens is 396 g/mol. The molecule has 0 aliphatic heterocycles. The van der Waals surface area contributed by atoms with Gasteiger partial charge in [-0.05, 0) is 68.0 Å². The number of ether oxygens (including phenoxy) is 2. The average Bonchev–Trinajstić information content (AvgIpc) is 2.67. The van der Waals surface area contributed by atoms with Crippen LogP contribution in [-0.2, 0) is 0 Å². The van der Waals surface area contributed by atoms with Gasteiger partial charge in [-0.3, -0.25) is 4.79 Å². The van der Waals surface area contributed by atoms with Crippen molar-refractivity contribution in [3.63, 3.8) is 0 Å². The minimum atomic E-state index is -0.959. The van der Waals surface area contributed by atoms with Gasteiger partial charge in [0.05, 0.1) is 24.3 Å². The predicted octanol–water partition coefficient (Wildman–Crippen LogP) is 5.56. The van der Waals surface area contributed by atoms with Crippen molar-refractivity contribution in [3.05, 3.63) is 52.6 Å². The Labute approximate surface area is 183 Å². The topological polar surface area (TPSA) is 93.1 Å². The molecule has 0 fully saturated rings. The first-order valence-corrected chi connectivity index (χ1v) is 10.4. The molecule has 0 aliphatic rings. The van der Waals surface area contributed by atoms with Gasteiger partial charge in [-0.2, -0.15) is 0 Å². The van der Waals surface area contributed by atoms with E-state index in [1.54, 1.807) is 31.2 Å². The number of aromatic carboxylic acids is 1. The van der Waals surface area contributed by atoms with Crippen LogP contribution in [0.5, 0.6) is 17.2 Å². The number of aromatic hydroxyl groups is 1. The van der Waals surface area contributed by atoms with E-state index in [0.717, 1.165) is 18.4 Å². The van der Waals surface area contributed by atoms with Crippen molar-refractivity contribution in [2.45, 2.75) is 53.9 Å². The minimum absolute atomic E-state index is 0.0182. The lowest BCUT2D eigenvalue weighted by atomic mass is 9.87. The number of carboxylic acid groups (broad SMARTS) is 1. The van der Waals surface area contributed by atoms with E-state index >= 15 is 0 Å². The molecule has 2 N–H and O–H groups in total. The molecule has 0 saturated heterocycles. The number of carbonyl (C=O) groups is 2. The standard InChI is InChI=1S/C25H32O6/c1-16-14-18(24(28)29)8-10-21(16)30-12-6-7-13-31-22-11-9-19(23(27)17(22)2)20(26)15-25(3,4)5/h8-11,14,27H,6-7,12-13,15H2,1-5H3,(H,28,29). The van der Waals surface area contributed by atoms with Crippen LogP contribution < -0.4 is 9.47 Å². The van der Waals surface area contributed by atoms with Gasteiger partial charge in [-0.15, -0.1) is 0 Å². The summed E-state index contributed by atoms with van der Waals surface area (Å²) in [6.07, 6.45) is 1.86. The first-order chi connectivity index (χ1) is 14.5. The third-order valence-corrected chi connectivity index (χ3v) is 4.85. The third kappa shape index (κ3) is 7.02. The van der Waals surface area contributed by atoms with Crippen LogP contribution in [-0.4, -0.2) is 35.2 Å². The van der Waals surface area contributed by atoms with Crippen molar-refractivity contribution in [2.24, 2.45) is 5.41 Å². The lowest BCUT2D eigenvalue weighted by Crippen LogP contribution is -2.13. The van der Waals surface area contributed by atoms with Crippen LogP contribution in [0.2, 0.25) is 0 Å². The number of hydrogen-bond donors (Lipinski definition) is 2. The maximum atomic E-state index is 12.4. The first kappa shape index (κ1) is 24.3. The second-order valence-electron chi connectivity index (χ2n) is 8.93. The molecule has 0 atom stereocenters. The second kappa shape index (κ2) is 10.3. The number of hydrogen-bond acceptors (Lipinski definition) is 5. The Morgan fingerprint density at radius 2 is 1.52 bits per heavy atom. The lowest BCUT2D eigenvalue weighted by Gasteiger charge is -2.18. The van der Waals surface area contributed by atoms with Crippen LogP contribution in [0, 0.1) is 19.3 Å². The van der Waals surface area contributed by atoms with Gasteiger partial charge in [-0.25, -0.2) is 4.79 Å². The molecule has 0 amide bonds. The zero-order chi connectivity index (χ0) is 23.2. The summed E-state index contributed by atoms with van der Waals surface area (Å²) in [6, 6.07) is 8.14. The Morgan fingerprint density at radius 1 is 0.935 bits per heavy atom. The van der Waals surface area contributed by atoms with E-state index in [1.165, 1.54) is 6.07 Å². The molecule has 0 spiro atoms. The lowest BCUT2D eigenvalue weighted by molar-refractivity contribution is 0.0696. The van der Waals surface area contributed by atoms with Gasteiger partial charge in [0.2, 0.25) is 0 Å². The third-order valence-electron chi connectivity index (χ3n) is 4.85. The van der Waals surface area contributed by atoms with Gasteiger partial charge >= 0.3 is 5.97 Å². The summed E-state index contributed by atoms with van der Waals surface area (Å²) in [5, 5.41) is 19.4. The molecule has 0 saturated carbocycles. The van der Waals surface area contributed by atoms with Crippen molar-refractivity contribution < 1.29 is 29.3 Å². The number of phenolic OH excluding ortho intramolecular Hbond substituents is 1. The fourth-order valence-corrected chi connectivity index (χ4v) is 3.15. The summed E-state index contributed by atoms with van der Waals surface area (Å²) in [5.41, 5.74) is 1.76. The van der Waals surface area contributed by atoms with Crippen molar-refractivity contribution in [1.29, 1.82) is 0 Å². The number of unbranched alkanes of at least 4 members (excludes halogenated alkanes) is 1. The number of phenols is 1. The van der Waals surface area contributed by atoms with Crippen LogP contribution in [0.4, 0.5) is 0 Å². The van der Waals surface area contributed by atoms with Crippen LogP contribution >= 0.6 is 0 Å². The van der Waals surface area contributed by atoms with E-state index in [2.05, 4.69) is 0 Å². The van der Waals surface area contributed by atoms with Crippen LogP contribution in [0.3, 0.4) is 0 Å². The van der Waals surface area contributed by atoms with Crippen molar-refractivity contribution in [1.82, 2.24) is 0 Å². The zero-order valence-electron chi connectivity index (χ0n) is 18.9. The SMILES string of the molecule is Cc1cc(C(=O)O)ccc1OCCCCOc1ccc(C(=O)CC(C)(C)C)c(O)c1C. The maximum Gasteiger partial charge on any atom is 0.335 e. The zero-order valence-corrected chi connectivity index (χ0v) is 18.9. The highest BCUT2D eigenvalue weighted by molar-refractivity contribution is 5.99. The van der Waals surface area contributed by atoms with Crippen LogP contribution in [0.15, 0.2) is 30.3 Å². The van der Waals surface area contributed by atoms with E-state index < -0.39 is 5.97 Å². The van der Waals surface area contributed by atoms with E-state index in [9.17, 15) is 14.7 Å². The summed E-state index contributed by atoms with van der Waals surface area (Å²) in [7, 11) is 0. The fourth-order valence-electron chi connectivity index (χ4n) is 3.15. The monoisotopic (exact) mass is 428 g/mol. The van der Waals surface area contributed by atoms with Gasteiger partial charge in [0.25, 0.3) is 0 Å². The Balaban J connectivity index is 1.82. The first-order valence-electron chi connectivity index (χ1n) is 10.4. The number of ketones is 1. The smallest absolute Gasteiger partial charge is 0.335 e. The normalized spacial score (nSPS) is 11.3. The molecule has 168 valence electrons. The molecular formula is C25H32O6. The van der Waals surface area contributed by atoms with E-state index in [-0.39, 0.29) is 22.5 Å². The van der Waals surface area contributed by atoms with Gasteiger partial charge in [0.15, 0.2) is 5.78 Å². The van der Waals surface area contributed by atoms with Crippen molar-refractivity contribution in [3.8, 4) is 17.2 Å². The molecule has 0 radical (unpaired) electrons. The summed E-state index contributed by atoms with van der Waals surface area (Å²) < 4.78 is 11.5. The molecule has 0 bridgehead atoms. The highest BCUT2D eigenvalue weighted by Gasteiger charge is 2.21. The molecule has 0 aromatic heterocycles.